The molecule has 1 aliphatic heterocycles. The number of hydrogen-bond acceptors (Lipinski definition) is 10. The van der Waals surface area contributed by atoms with E-state index in [2.05, 4.69) is 59.5 Å². The van der Waals surface area contributed by atoms with E-state index in [1.807, 2.05) is 37.3 Å². The maximum atomic E-state index is 12.6. The highest BCUT2D eigenvalue weighted by molar-refractivity contribution is 5.74. The molecule has 10 nitrogen and oxygen atoms in total. The number of benzene rings is 1. The summed E-state index contributed by atoms with van der Waals surface area (Å²) in [6, 6.07) is 17.5. The molecule has 0 amide bonds. The Kier molecular flexibility index (Phi) is 8.83. The fraction of sp³-hybridized carbons (Fsp3) is 0.394. The smallest absolute Gasteiger partial charge is 0.311 e. The summed E-state index contributed by atoms with van der Waals surface area (Å²) >= 11 is 0. The van der Waals surface area contributed by atoms with E-state index in [9.17, 15) is 4.79 Å². The van der Waals surface area contributed by atoms with Crippen molar-refractivity contribution in [2.24, 2.45) is 11.8 Å². The van der Waals surface area contributed by atoms with E-state index in [0.29, 0.717) is 29.1 Å². The first-order chi connectivity index (χ1) is 21.0. The van der Waals surface area contributed by atoms with Crippen molar-refractivity contribution in [3.63, 3.8) is 0 Å². The Morgan fingerprint density at radius 1 is 0.884 bits per heavy atom. The first-order valence-corrected chi connectivity index (χ1v) is 15.1. The van der Waals surface area contributed by atoms with Gasteiger partial charge in [-0.2, -0.15) is 4.98 Å². The van der Waals surface area contributed by atoms with Gasteiger partial charge in [-0.05, 0) is 80.5 Å². The molecular formula is C33H38N8O2. The summed E-state index contributed by atoms with van der Waals surface area (Å²) < 4.78 is 5.86. The fourth-order valence-corrected chi connectivity index (χ4v) is 5.60. The fourth-order valence-electron chi connectivity index (χ4n) is 5.60. The zero-order chi connectivity index (χ0) is 29.6. The average molecular weight is 579 g/mol. The van der Waals surface area contributed by atoms with Gasteiger partial charge in [0.15, 0.2) is 5.82 Å². The lowest BCUT2D eigenvalue weighted by Crippen LogP contribution is -2.50. The van der Waals surface area contributed by atoms with E-state index < -0.39 is 0 Å². The van der Waals surface area contributed by atoms with Crippen LogP contribution in [-0.4, -0.2) is 55.0 Å². The second kappa shape index (κ2) is 13.2. The van der Waals surface area contributed by atoms with E-state index in [1.54, 1.807) is 24.5 Å². The number of aromatic nitrogens is 5. The van der Waals surface area contributed by atoms with Crippen LogP contribution in [0.15, 0.2) is 67.0 Å². The van der Waals surface area contributed by atoms with Crippen molar-refractivity contribution >= 4 is 29.2 Å². The number of nitrogens with zero attached hydrogens (tertiary/aromatic N) is 6. The minimum Gasteiger partial charge on any atom is -0.462 e. The minimum atomic E-state index is -0.0180. The Morgan fingerprint density at radius 3 is 2.49 bits per heavy atom. The summed E-state index contributed by atoms with van der Waals surface area (Å²) in [5.41, 5.74) is 3.70. The third kappa shape index (κ3) is 7.70. The standard InChI is InChI=1S/C33H38N8O2/c1-22-5-3-7-27(14-9-22)43-32(42)25-20-41(21-25)19-24-10-12-26(13-11-24)37-33-35-18-16-30(40-33)38-29-15-17-34-31(39-29)28-8-4-6-23(2)36-28/h4,6,8,10-13,15-18,22,25,27H,3,5,7,9,14,19-21H2,1-2H3,(H2,34,35,37,38,39,40)/t22?,27-/m1/s1. The lowest BCUT2D eigenvalue weighted by Gasteiger charge is -2.38. The second-order valence-electron chi connectivity index (χ2n) is 11.7. The molecular weight excluding hydrogens is 540 g/mol. The van der Waals surface area contributed by atoms with Crippen molar-refractivity contribution in [3.8, 4) is 11.5 Å². The Balaban J connectivity index is 0.984. The van der Waals surface area contributed by atoms with Crippen LogP contribution < -0.4 is 10.6 Å². The lowest BCUT2D eigenvalue weighted by molar-refractivity contribution is -0.161. The molecule has 4 aromatic rings. The molecule has 4 heterocycles. The van der Waals surface area contributed by atoms with Crippen molar-refractivity contribution in [1.82, 2.24) is 29.8 Å². The predicted octanol–water partition coefficient (Wildman–Crippen LogP) is 6.07. The largest absolute Gasteiger partial charge is 0.462 e. The average Bonchev–Trinajstić information content (AvgIpc) is 3.19. The van der Waals surface area contributed by atoms with Gasteiger partial charge in [-0.3, -0.25) is 9.69 Å². The quantitative estimate of drug-likeness (QED) is 0.179. The van der Waals surface area contributed by atoms with Crippen LogP contribution in [0.1, 0.15) is 50.3 Å². The minimum absolute atomic E-state index is 0.00667. The van der Waals surface area contributed by atoms with Crippen molar-refractivity contribution in [2.45, 2.75) is 58.6 Å². The molecule has 43 heavy (non-hydrogen) atoms. The van der Waals surface area contributed by atoms with E-state index >= 15 is 0 Å². The van der Waals surface area contributed by atoms with E-state index in [1.165, 1.54) is 12.0 Å². The highest BCUT2D eigenvalue weighted by atomic mass is 16.5. The van der Waals surface area contributed by atoms with Crippen LogP contribution in [-0.2, 0) is 16.1 Å². The Labute approximate surface area is 252 Å². The first-order valence-electron chi connectivity index (χ1n) is 15.1. The monoisotopic (exact) mass is 578 g/mol. The lowest BCUT2D eigenvalue weighted by atomic mass is 9.99. The molecule has 2 atom stereocenters. The maximum Gasteiger partial charge on any atom is 0.311 e. The summed E-state index contributed by atoms with van der Waals surface area (Å²) in [5.74, 6) is 2.95. The molecule has 2 aliphatic rings. The number of ether oxygens (including phenoxy) is 1. The summed E-state index contributed by atoms with van der Waals surface area (Å²) in [6.45, 7) is 6.55. The SMILES string of the molecule is Cc1cccc(-c2nccc(Nc3ccnc(Nc4ccc(CN5CC(C(=O)O[C@@H]6CCCC(C)CC6)C5)cc4)n3)n2)n1. The van der Waals surface area contributed by atoms with Crippen LogP contribution >= 0.6 is 0 Å². The van der Waals surface area contributed by atoms with E-state index in [4.69, 9.17) is 4.74 Å². The van der Waals surface area contributed by atoms with Gasteiger partial charge in [0.2, 0.25) is 5.95 Å². The highest BCUT2D eigenvalue weighted by Gasteiger charge is 2.35. The number of hydrogen-bond donors (Lipinski definition) is 2. The number of rotatable bonds is 9. The molecule has 0 bridgehead atoms. The summed E-state index contributed by atoms with van der Waals surface area (Å²) in [5, 5.41) is 6.50. The molecule has 2 fully saturated rings. The summed E-state index contributed by atoms with van der Waals surface area (Å²) in [7, 11) is 0. The van der Waals surface area contributed by atoms with Crippen LogP contribution in [0.5, 0.6) is 0 Å². The number of pyridine rings is 1. The van der Waals surface area contributed by atoms with Crippen LogP contribution in [0, 0.1) is 18.8 Å². The van der Waals surface area contributed by atoms with Crippen LogP contribution in [0.3, 0.4) is 0 Å². The first kappa shape index (κ1) is 28.7. The van der Waals surface area contributed by atoms with Crippen LogP contribution in [0.2, 0.25) is 0 Å². The Bertz CT molecular complexity index is 1540. The number of carbonyl (C=O) groups excluding carboxylic acids is 1. The van der Waals surface area contributed by atoms with Crippen LogP contribution in [0.25, 0.3) is 11.5 Å². The number of anilines is 4. The molecule has 6 rings (SSSR count). The van der Waals surface area contributed by atoms with Crippen LogP contribution in [0.4, 0.5) is 23.3 Å². The van der Waals surface area contributed by atoms with Gasteiger partial charge in [0.05, 0.1) is 5.92 Å². The van der Waals surface area contributed by atoms with Gasteiger partial charge in [-0.15, -0.1) is 0 Å². The number of likely N-dealkylation sites (tertiary alicyclic amines) is 1. The second-order valence-corrected chi connectivity index (χ2v) is 11.7. The zero-order valence-electron chi connectivity index (χ0n) is 24.7. The molecule has 1 saturated heterocycles. The zero-order valence-corrected chi connectivity index (χ0v) is 24.7. The molecule has 1 aromatic carbocycles. The molecule has 10 heteroatoms. The molecule has 0 spiro atoms. The molecule has 222 valence electrons. The van der Waals surface area contributed by atoms with Gasteiger partial charge in [-0.1, -0.05) is 31.5 Å². The molecule has 1 aliphatic carbocycles. The maximum absolute atomic E-state index is 12.6. The molecule has 1 unspecified atom stereocenters. The normalized spacial score (nSPS) is 19.2. The number of carbonyl (C=O) groups is 1. The predicted molar refractivity (Wildman–Crippen MR) is 166 cm³/mol. The molecule has 2 N–H and O–H groups in total. The van der Waals surface area contributed by atoms with Gasteiger partial charge in [0.1, 0.15) is 23.4 Å². The van der Waals surface area contributed by atoms with E-state index in [-0.39, 0.29) is 18.0 Å². The van der Waals surface area contributed by atoms with Gasteiger partial charge < -0.3 is 15.4 Å². The third-order valence-corrected chi connectivity index (χ3v) is 8.08. The number of nitrogens with one attached hydrogen (secondary N) is 2. The van der Waals surface area contributed by atoms with Crippen molar-refractivity contribution in [2.75, 3.05) is 23.7 Å². The van der Waals surface area contributed by atoms with Gasteiger partial charge in [0.25, 0.3) is 0 Å². The summed E-state index contributed by atoms with van der Waals surface area (Å²) in [4.78, 5) is 37.3. The number of esters is 1. The van der Waals surface area contributed by atoms with Crippen molar-refractivity contribution in [3.05, 3.63) is 78.2 Å². The molecule has 0 radical (unpaired) electrons. The number of aryl methyl sites for hydroxylation is 1. The van der Waals surface area contributed by atoms with Crippen molar-refractivity contribution < 1.29 is 9.53 Å². The summed E-state index contributed by atoms with van der Waals surface area (Å²) in [6.07, 6.45) is 9.07. The van der Waals surface area contributed by atoms with E-state index in [0.717, 1.165) is 62.6 Å². The van der Waals surface area contributed by atoms with Gasteiger partial charge in [0, 0.05) is 43.4 Å². The Morgan fingerprint density at radius 2 is 1.67 bits per heavy atom. The highest BCUT2D eigenvalue weighted by Crippen LogP contribution is 2.27. The molecule has 3 aromatic heterocycles. The van der Waals surface area contributed by atoms with Gasteiger partial charge >= 0.3 is 5.97 Å². The topological polar surface area (TPSA) is 118 Å². The van der Waals surface area contributed by atoms with Gasteiger partial charge in [-0.25, -0.2) is 19.9 Å². The molecule has 1 saturated carbocycles. The third-order valence-electron chi connectivity index (χ3n) is 8.08. The van der Waals surface area contributed by atoms with Crippen molar-refractivity contribution in [1.29, 1.82) is 0 Å². The Hall–Kier alpha value is -4.44.